The number of ketones is 2. The quantitative estimate of drug-likeness (QED) is 0.527. The van der Waals surface area contributed by atoms with Crippen LogP contribution in [-0.2, 0) is 0 Å². The summed E-state index contributed by atoms with van der Waals surface area (Å²) >= 11 is 0. The van der Waals surface area contributed by atoms with Crippen molar-refractivity contribution in [2.75, 3.05) is 0 Å². The van der Waals surface area contributed by atoms with Crippen molar-refractivity contribution in [2.24, 2.45) is 0 Å². The van der Waals surface area contributed by atoms with Crippen molar-refractivity contribution in [1.82, 2.24) is 0 Å². The normalized spacial score (nSPS) is 10.2. The third-order valence-corrected chi connectivity index (χ3v) is 3.67. The minimum Gasteiger partial charge on any atom is -0.507 e. The number of phenols is 1. The molecule has 0 amide bonds. The summed E-state index contributed by atoms with van der Waals surface area (Å²) in [6.45, 7) is 0. The molecule has 124 valence electrons. The fraction of sp³-hybridized carbons (Fsp3) is 0.0476. The highest BCUT2D eigenvalue weighted by atomic mass is 16.5. The topological polar surface area (TPSA) is 63.6 Å². The van der Waals surface area contributed by atoms with Crippen LogP contribution in [0.1, 0.15) is 27.1 Å². The first-order chi connectivity index (χ1) is 12.1. The van der Waals surface area contributed by atoms with Crippen molar-refractivity contribution < 1.29 is 19.4 Å². The lowest BCUT2D eigenvalue weighted by atomic mass is 10.0. The molecule has 0 aliphatic heterocycles. The summed E-state index contributed by atoms with van der Waals surface area (Å²) in [5.74, 6) is 0.112. The monoisotopic (exact) mass is 332 g/mol. The highest BCUT2D eigenvalue weighted by molar-refractivity contribution is 6.14. The van der Waals surface area contributed by atoms with Crippen LogP contribution in [0.25, 0.3) is 0 Å². The molecule has 0 unspecified atom stereocenters. The summed E-state index contributed by atoms with van der Waals surface area (Å²) in [4.78, 5) is 24.4. The number of aromatic hydroxyl groups is 1. The second-order valence-electron chi connectivity index (χ2n) is 5.48. The number of para-hydroxylation sites is 1. The first-order valence-electron chi connectivity index (χ1n) is 7.81. The van der Waals surface area contributed by atoms with E-state index in [2.05, 4.69) is 0 Å². The zero-order valence-corrected chi connectivity index (χ0v) is 13.4. The number of hydrogen-bond donors (Lipinski definition) is 1. The Balaban J connectivity index is 1.72. The van der Waals surface area contributed by atoms with Gasteiger partial charge in [0.25, 0.3) is 0 Å². The summed E-state index contributed by atoms with van der Waals surface area (Å²) in [6, 6.07) is 22.1. The average Bonchev–Trinajstić information content (AvgIpc) is 2.63. The number of ether oxygens (including phenoxy) is 1. The lowest BCUT2D eigenvalue weighted by Crippen LogP contribution is -2.08. The Labute approximate surface area is 145 Å². The SMILES string of the molecule is O=C(CC(=O)c1ccc(Oc2ccccc2)cc1O)c1ccccc1. The number of carbonyl (C=O) groups excluding carboxylic acids is 2. The Morgan fingerprint density at radius 1 is 0.760 bits per heavy atom. The number of carbonyl (C=O) groups is 2. The fourth-order valence-electron chi connectivity index (χ4n) is 2.40. The maximum atomic E-state index is 12.3. The Morgan fingerprint density at radius 3 is 2.04 bits per heavy atom. The molecule has 0 aliphatic rings. The molecule has 0 radical (unpaired) electrons. The van der Waals surface area contributed by atoms with Gasteiger partial charge in [0.1, 0.15) is 17.2 Å². The number of Topliss-reactive ketones (excluding diaryl/α,β-unsaturated/α-hetero) is 2. The molecule has 0 bridgehead atoms. The van der Waals surface area contributed by atoms with Gasteiger partial charge in [0.05, 0.1) is 12.0 Å². The third kappa shape index (κ3) is 4.12. The Morgan fingerprint density at radius 2 is 1.40 bits per heavy atom. The van der Waals surface area contributed by atoms with Gasteiger partial charge >= 0.3 is 0 Å². The standard InChI is InChI=1S/C21H16O4/c22-19(15-7-3-1-4-8-15)14-21(24)18-12-11-17(13-20(18)23)25-16-9-5-2-6-10-16/h1-13,23H,14H2. The Kier molecular flexibility index (Phi) is 4.90. The summed E-state index contributed by atoms with van der Waals surface area (Å²) in [7, 11) is 0. The van der Waals surface area contributed by atoms with Crippen LogP contribution in [-0.4, -0.2) is 16.7 Å². The van der Waals surface area contributed by atoms with Crippen LogP contribution in [0.4, 0.5) is 0 Å². The molecule has 3 rings (SSSR count). The number of hydrogen-bond acceptors (Lipinski definition) is 4. The lowest BCUT2D eigenvalue weighted by Gasteiger charge is -2.08. The predicted octanol–water partition coefficient (Wildman–Crippen LogP) is 4.64. The van der Waals surface area contributed by atoms with Crippen molar-refractivity contribution in [3.05, 3.63) is 90.0 Å². The van der Waals surface area contributed by atoms with Gasteiger partial charge < -0.3 is 9.84 Å². The van der Waals surface area contributed by atoms with Crippen LogP contribution < -0.4 is 4.74 Å². The first-order valence-corrected chi connectivity index (χ1v) is 7.81. The molecule has 0 fully saturated rings. The van der Waals surface area contributed by atoms with E-state index in [1.54, 1.807) is 48.5 Å². The van der Waals surface area contributed by atoms with E-state index in [4.69, 9.17) is 4.74 Å². The maximum Gasteiger partial charge on any atom is 0.174 e. The third-order valence-electron chi connectivity index (χ3n) is 3.67. The maximum absolute atomic E-state index is 12.3. The second-order valence-corrected chi connectivity index (χ2v) is 5.48. The molecule has 0 saturated carbocycles. The van der Waals surface area contributed by atoms with Crippen LogP contribution in [0.5, 0.6) is 17.2 Å². The van der Waals surface area contributed by atoms with Crippen molar-refractivity contribution in [1.29, 1.82) is 0 Å². The predicted molar refractivity (Wildman–Crippen MR) is 94.3 cm³/mol. The van der Waals surface area contributed by atoms with Crippen LogP contribution in [0.2, 0.25) is 0 Å². The molecule has 25 heavy (non-hydrogen) atoms. The van der Waals surface area contributed by atoms with E-state index in [0.29, 0.717) is 17.1 Å². The zero-order chi connectivity index (χ0) is 17.6. The van der Waals surface area contributed by atoms with E-state index in [1.165, 1.54) is 12.1 Å². The number of benzene rings is 3. The largest absolute Gasteiger partial charge is 0.507 e. The van der Waals surface area contributed by atoms with E-state index >= 15 is 0 Å². The first kappa shape index (κ1) is 16.5. The van der Waals surface area contributed by atoms with Gasteiger partial charge in [0.2, 0.25) is 0 Å². The highest BCUT2D eigenvalue weighted by Gasteiger charge is 2.17. The molecular weight excluding hydrogens is 316 g/mol. The molecule has 4 nitrogen and oxygen atoms in total. The van der Waals surface area contributed by atoms with Crippen LogP contribution in [0.3, 0.4) is 0 Å². The van der Waals surface area contributed by atoms with Crippen molar-refractivity contribution in [3.63, 3.8) is 0 Å². The molecule has 3 aromatic carbocycles. The lowest BCUT2D eigenvalue weighted by molar-refractivity contribution is 0.0893. The molecule has 0 atom stereocenters. The van der Waals surface area contributed by atoms with Gasteiger partial charge in [-0.15, -0.1) is 0 Å². The van der Waals surface area contributed by atoms with E-state index in [0.717, 1.165) is 0 Å². The van der Waals surface area contributed by atoms with Gasteiger partial charge in [0.15, 0.2) is 11.6 Å². The van der Waals surface area contributed by atoms with Crippen molar-refractivity contribution in [2.45, 2.75) is 6.42 Å². The molecule has 0 saturated heterocycles. The molecule has 1 N–H and O–H groups in total. The fourth-order valence-corrected chi connectivity index (χ4v) is 2.40. The molecule has 4 heteroatoms. The van der Waals surface area contributed by atoms with E-state index in [-0.39, 0.29) is 23.5 Å². The Bertz CT molecular complexity index is 886. The second kappa shape index (κ2) is 7.45. The number of phenolic OH excluding ortho intramolecular Hbond substituents is 1. The minimum absolute atomic E-state index is 0.102. The smallest absolute Gasteiger partial charge is 0.174 e. The van der Waals surface area contributed by atoms with E-state index in [9.17, 15) is 14.7 Å². The van der Waals surface area contributed by atoms with Gasteiger partial charge in [-0.2, -0.15) is 0 Å². The van der Waals surface area contributed by atoms with Gasteiger partial charge in [-0.3, -0.25) is 9.59 Å². The zero-order valence-electron chi connectivity index (χ0n) is 13.4. The minimum atomic E-state index is -0.433. The molecule has 0 heterocycles. The van der Waals surface area contributed by atoms with Gasteiger partial charge in [0, 0.05) is 11.6 Å². The van der Waals surface area contributed by atoms with Crippen LogP contribution in [0.15, 0.2) is 78.9 Å². The van der Waals surface area contributed by atoms with Gasteiger partial charge in [-0.05, 0) is 24.3 Å². The summed E-state index contributed by atoms with van der Waals surface area (Å²) in [5.41, 5.74) is 0.573. The molecule has 0 aromatic heterocycles. The van der Waals surface area contributed by atoms with Crippen molar-refractivity contribution in [3.8, 4) is 17.2 Å². The summed E-state index contributed by atoms with van der Waals surface area (Å²) in [6.07, 6.45) is -0.295. The molecule has 3 aromatic rings. The number of rotatable bonds is 6. The molecule has 0 spiro atoms. The average molecular weight is 332 g/mol. The van der Waals surface area contributed by atoms with Gasteiger partial charge in [-0.25, -0.2) is 0 Å². The molecule has 0 aliphatic carbocycles. The van der Waals surface area contributed by atoms with Crippen LogP contribution in [0, 0.1) is 0 Å². The molecular formula is C21H16O4. The van der Waals surface area contributed by atoms with E-state index in [1.807, 2.05) is 18.2 Å². The summed E-state index contributed by atoms with van der Waals surface area (Å²) in [5, 5.41) is 10.1. The van der Waals surface area contributed by atoms with Crippen LogP contribution >= 0.6 is 0 Å². The Hall–Kier alpha value is -3.40. The highest BCUT2D eigenvalue weighted by Crippen LogP contribution is 2.28. The van der Waals surface area contributed by atoms with E-state index < -0.39 is 5.78 Å². The van der Waals surface area contributed by atoms with Crippen molar-refractivity contribution >= 4 is 11.6 Å². The van der Waals surface area contributed by atoms with Gasteiger partial charge in [-0.1, -0.05) is 48.5 Å². The summed E-state index contributed by atoms with van der Waals surface area (Å²) < 4.78 is 5.61.